The summed E-state index contributed by atoms with van der Waals surface area (Å²) in [6.07, 6.45) is 1.75. The van der Waals surface area contributed by atoms with Crippen molar-refractivity contribution in [2.45, 2.75) is 5.88 Å². The van der Waals surface area contributed by atoms with Crippen LogP contribution < -0.4 is 0 Å². The molecule has 0 radical (unpaired) electrons. The second-order valence-corrected chi connectivity index (χ2v) is 4.59. The van der Waals surface area contributed by atoms with Gasteiger partial charge in [-0.3, -0.25) is 4.98 Å². The van der Waals surface area contributed by atoms with Gasteiger partial charge < -0.3 is 0 Å². The van der Waals surface area contributed by atoms with Gasteiger partial charge in [0, 0.05) is 16.0 Å². The van der Waals surface area contributed by atoms with E-state index in [-0.39, 0.29) is 0 Å². The van der Waals surface area contributed by atoms with Crippen LogP contribution in [0.4, 0.5) is 0 Å². The van der Waals surface area contributed by atoms with Crippen LogP contribution in [-0.2, 0) is 5.88 Å². The average Bonchev–Trinajstić information content (AvgIpc) is 2.67. The number of thiazole rings is 1. The molecule has 0 fully saturated rings. The second kappa shape index (κ2) is 4.38. The smallest absolute Gasteiger partial charge is 0.143 e. The first-order chi connectivity index (χ1) is 6.81. The lowest BCUT2D eigenvalue weighted by Gasteiger charge is -1.97. The summed E-state index contributed by atoms with van der Waals surface area (Å²) in [5, 5.41) is 2.84. The van der Waals surface area contributed by atoms with Crippen LogP contribution in [0.25, 0.3) is 10.7 Å². The van der Waals surface area contributed by atoms with E-state index >= 15 is 0 Å². The molecule has 0 atom stereocenters. The minimum atomic E-state index is 0.445. The first-order valence-electron chi connectivity index (χ1n) is 3.92. The number of alkyl halides is 1. The van der Waals surface area contributed by atoms with Gasteiger partial charge in [-0.05, 0) is 28.1 Å². The molecule has 2 heterocycles. The Labute approximate surface area is 99.1 Å². The number of rotatable bonds is 2. The van der Waals surface area contributed by atoms with Gasteiger partial charge in [-0.25, -0.2) is 4.98 Å². The van der Waals surface area contributed by atoms with Gasteiger partial charge in [0.2, 0.25) is 0 Å². The standard InChI is InChI=1S/C9H6BrClN2S/c10-7-2-1-3-12-8(7)9-13-6(4-11)5-14-9/h1-3,5H,4H2. The van der Waals surface area contributed by atoms with Crippen LogP contribution in [0, 0.1) is 0 Å². The SMILES string of the molecule is ClCc1csc(-c2ncccc2Br)n1. The first kappa shape index (κ1) is 10.1. The molecule has 2 nitrogen and oxygen atoms in total. The second-order valence-electron chi connectivity index (χ2n) is 2.61. The van der Waals surface area contributed by atoms with Crippen LogP contribution >= 0.6 is 38.9 Å². The molecule has 0 saturated heterocycles. The zero-order valence-corrected chi connectivity index (χ0v) is 10.2. The summed E-state index contributed by atoms with van der Waals surface area (Å²) in [6, 6.07) is 3.83. The van der Waals surface area contributed by atoms with E-state index in [0.29, 0.717) is 5.88 Å². The zero-order valence-electron chi connectivity index (χ0n) is 7.08. The van der Waals surface area contributed by atoms with Crippen molar-refractivity contribution in [2.75, 3.05) is 0 Å². The highest BCUT2D eigenvalue weighted by Gasteiger charge is 2.08. The number of hydrogen-bond donors (Lipinski definition) is 0. The maximum Gasteiger partial charge on any atom is 0.143 e. The fourth-order valence-corrected chi connectivity index (χ4v) is 2.65. The maximum absolute atomic E-state index is 5.68. The van der Waals surface area contributed by atoms with Crippen LogP contribution in [-0.4, -0.2) is 9.97 Å². The quantitative estimate of drug-likeness (QED) is 0.788. The molecule has 2 rings (SSSR count). The van der Waals surface area contributed by atoms with Crippen LogP contribution in [0.15, 0.2) is 28.2 Å². The highest BCUT2D eigenvalue weighted by Crippen LogP contribution is 2.28. The normalized spacial score (nSPS) is 10.4. The van der Waals surface area contributed by atoms with E-state index in [9.17, 15) is 0 Å². The van der Waals surface area contributed by atoms with Gasteiger partial charge in [0.1, 0.15) is 10.7 Å². The van der Waals surface area contributed by atoms with Crippen molar-refractivity contribution in [1.29, 1.82) is 0 Å². The van der Waals surface area contributed by atoms with E-state index in [1.807, 2.05) is 17.5 Å². The number of pyridine rings is 1. The average molecular weight is 290 g/mol. The summed E-state index contributed by atoms with van der Waals surface area (Å²) in [6.45, 7) is 0. The van der Waals surface area contributed by atoms with Crippen LogP contribution in [0.3, 0.4) is 0 Å². The van der Waals surface area contributed by atoms with Crippen molar-refractivity contribution >= 4 is 38.9 Å². The Morgan fingerprint density at radius 1 is 1.50 bits per heavy atom. The lowest BCUT2D eigenvalue weighted by molar-refractivity contribution is 1.20. The molecule has 5 heteroatoms. The Kier molecular flexibility index (Phi) is 3.15. The molecule has 0 amide bonds. The minimum Gasteiger partial charge on any atom is -0.253 e. The Morgan fingerprint density at radius 3 is 3.00 bits per heavy atom. The third kappa shape index (κ3) is 1.97. The van der Waals surface area contributed by atoms with E-state index in [2.05, 4.69) is 25.9 Å². The Bertz CT molecular complexity index is 444. The number of halogens is 2. The number of nitrogens with zero attached hydrogens (tertiary/aromatic N) is 2. The molecule has 14 heavy (non-hydrogen) atoms. The van der Waals surface area contributed by atoms with Crippen molar-refractivity contribution < 1.29 is 0 Å². The minimum absolute atomic E-state index is 0.445. The molecule has 0 aliphatic carbocycles. The van der Waals surface area contributed by atoms with Gasteiger partial charge in [-0.15, -0.1) is 22.9 Å². The topological polar surface area (TPSA) is 25.8 Å². The van der Waals surface area contributed by atoms with E-state index in [0.717, 1.165) is 20.9 Å². The van der Waals surface area contributed by atoms with E-state index in [1.165, 1.54) is 0 Å². The molecule has 72 valence electrons. The van der Waals surface area contributed by atoms with Crippen molar-refractivity contribution in [3.05, 3.63) is 33.9 Å². The van der Waals surface area contributed by atoms with Crippen molar-refractivity contribution in [3.63, 3.8) is 0 Å². The predicted molar refractivity (Wildman–Crippen MR) is 62.6 cm³/mol. The molecule has 0 aromatic carbocycles. The van der Waals surface area contributed by atoms with Crippen LogP contribution in [0.2, 0.25) is 0 Å². The van der Waals surface area contributed by atoms with Crippen molar-refractivity contribution in [1.82, 2.24) is 9.97 Å². The third-order valence-corrected chi connectivity index (χ3v) is 3.46. The van der Waals surface area contributed by atoms with E-state index in [4.69, 9.17) is 11.6 Å². The van der Waals surface area contributed by atoms with Gasteiger partial charge in [0.15, 0.2) is 0 Å². The number of hydrogen-bond acceptors (Lipinski definition) is 3. The zero-order chi connectivity index (χ0) is 9.97. The molecule has 0 aliphatic rings. The van der Waals surface area contributed by atoms with E-state index < -0.39 is 0 Å². The summed E-state index contributed by atoms with van der Waals surface area (Å²) >= 11 is 10.7. The number of aromatic nitrogens is 2. The van der Waals surface area contributed by atoms with Gasteiger partial charge in [0.25, 0.3) is 0 Å². The van der Waals surface area contributed by atoms with Gasteiger partial charge in [-0.2, -0.15) is 0 Å². The molecule has 0 unspecified atom stereocenters. The fraction of sp³-hybridized carbons (Fsp3) is 0.111. The molecule has 0 spiro atoms. The Hall–Kier alpha value is -0.450. The first-order valence-corrected chi connectivity index (χ1v) is 6.13. The molecule has 2 aromatic heterocycles. The summed E-state index contributed by atoms with van der Waals surface area (Å²) in [5.41, 5.74) is 1.76. The van der Waals surface area contributed by atoms with Gasteiger partial charge >= 0.3 is 0 Å². The Balaban J connectivity index is 2.44. The molecule has 0 bridgehead atoms. The molecular weight excluding hydrogens is 284 g/mol. The highest BCUT2D eigenvalue weighted by atomic mass is 79.9. The Morgan fingerprint density at radius 2 is 2.36 bits per heavy atom. The summed E-state index contributed by atoms with van der Waals surface area (Å²) in [5.74, 6) is 0.445. The third-order valence-electron chi connectivity index (χ3n) is 1.65. The predicted octanol–water partition coefficient (Wildman–Crippen LogP) is 3.71. The molecule has 0 N–H and O–H groups in total. The molecule has 0 aliphatic heterocycles. The summed E-state index contributed by atoms with van der Waals surface area (Å²) in [4.78, 5) is 8.61. The van der Waals surface area contributed by atoms with Crippen molar-refractivity contribution in [2.24, 2.45) is 0 Å². The lowest BCUT2D eigenvalue weighted by atomic mass is 10.4. The summed E-state index contributed by atoms with van der Waals surface area (Å²) in [7, 11) is 0. The van der Waals surface area contributed by atoms with Crippen LogP contribution in [0.5, 0.6) is 0 Å². The van der Waals surface area contributed by atoms with Crippen LogP contribution in [0.1, 0.15) is 5.69 Å². The van der Waals surface area contributed by atoms with Crippen molar-refractivity contribution in [3.8, 4) is 10.7 Å². The molecule has 0 saturated carbocycles. The van der Waals surface area contributed by atoms with Gasteiger partial charge in [-0.1, -0.05) is 0 Å². The highest BCUT2D eigenvalue weighted by molar-refractivity contribution is 9.10. The van der Waals surface area contributed by atoms with E-state index in [1.54, 1.807) is 17.5 Å². The molecular formula is C9H6BrClN2S. The summed E-state index contributed by atoms with van der Waals surface area (Å²) < 4.78 is 0.954. The largest absolute Gasteiger partial charge is 0.253 e. The molecule has 2 aromatic rings. The van der Waals surface area contributed by atoms with Gasteiger partial charge in [0.05, 0.1) is 11.6 Å². The maximum atomic E-state index is 5.68. The lowest BCUT2D eigenvalue weighted by Crippen LogP contribution is -1.84. The fourth-order valence-electron chi connectivity index (χ4n) is 1.02. The monoisotopic (exact) mass is 288 g/mol.